The molecule has 1 aliphatic heterocycles. The van der Waals surface area contributed by atoms with E-state index >= 15 is 0 Å². The van der Waals surface area contributed by atoms with Gasteiger partial charge >= 0.3 is 0 Å². The maximum Gasteiger partial charge on any atom is 0.104 e. The highest BCUT2D eigenvalue weighted by Crippen LogP contribution is 2.32. The van der Waals surface area contributed by atoms with Gasteiger partial charge in [0, 0.05) is 22.7 Å². The van der Waals surface area contributed by atoms with E-state index in [2.05, 4.69) is 29.5 Å². The van der Waals surface area contributed by atoms with Crippen LogP contribution >= 0.6 is 22.7 Å². The second-order valence-corrected chi connectivity index (χ2v) is 7.05. The predicted octanol–water partition coefficient (Wildman–Crippen LogP) is 3.35. The molecule has 1 unspecified atom stereocenters. The van der Waals surface area contributed by atoms with Crippen LogP contribution in [0.5, 0.6) is 0 Å². The maximum atomic E-state index is 4.80. The zero-order chi connectivity index (χ0) is 12.5. The molecule has 0 spiro atoms. The first-order valence-electron chi connectivity index (χ1n) is 6.34. The first-order chi connectivity index (χ1) is 8.74. The SMILES string of the molecule is Cc1nc(-c2csc(C3CCCNC3)n2)c(C)s1. The smallest absolute Gasteiger partial charge is 0.104 e. The van der Waals surface area contributed by atoms with Crippen molar-refractivity contribution in [3.05, 3.63) is 20.3 Å². The molecule has 1 saturated heterocycles. The molecule has 0 radical (unpaired) electrons. The standard InChI is InChI=1S/C13H17N3S2/c1-8-12(15-9(2)18-8)11-7-17-13(16-11)10-4-3-5-14-6-10/h7,10,14H,3-6H2,1-2H3. The van der Waals surface area contributed by atoms with Gasteiger partial charge in [-0.3, -0.25) is 0 Å². The Kier molecular flexibility index (Phi) is 3.46. The molecule has 3 heterocycles. The van der Waals surface area contributed by atoms with Gasteiger partial charge in [0.1, 0.15) is 11.4 Å². The van der Waals surface area contributed by atoms with E-state index in [1.807, 2.05) is 0 Å². The fourth-order valence-corrected chi connectivity index (χ4v) is 4.18. The van der Waals surface area contributed by atoms with E-state index < -0.39 is 0 Å². The number of hydrogen-bond acceptors (Lipinski definition) is 5. The quantitative estimate of drug-likeness (QED) is 0.916. The monoisotopic (exact) mass is 279 g/mol. The van der Waals surface area contributed by atoms with Gasteiger partial charge in [-0.2, -0.15) is 0 Å². The Morgan fingerprint density at radius 2 is 2.22 bits per heavy atom. The number of nitrogens with one attached hydrogen (secondary N) is 1. The molecule has 2 aromatic heterocycles. The first-order valence-corrected chi connectivity index (χ1v) is 8.04. The van der Waals surface area contributed by atoms with E-state index in [1.165, 1.54) is 22.7 Å². The van der Waals surface area contributed by atoms with Crippen LogP contribution in [-0.4, -0.2) is 23.1 Å². The molecular formula is C13H17N3S2. The fourth-order valence-electron chi connectivity index (χ4n) is 2.41. The van der Waals surface area contributed by atoms with Gasteiger partial charge in [-0.1, -0.05) is 0 Å². The third kappa shape index (κ3) is 2.35. The summed E-state index contributed by atoms with van der Waals surface area (Å²) in [7, 11) is 0. The van der Waals surface area contributed by atoms with Crippen molar-refractivity contribution in [1.29, 1.82) is 0 Å². The molecule has 3 rings (SSSR count). The van der Waals surface area contributed by atoms with Crippen LogP contribution in [0.4, 0.5) is 0 Å². The highest BCUT2D eigenvalue weighted by atomic mass is 32.1. The van der Waals surface area contributed by atoms with E-state index in [9.17, 15) is 0 Å². The summed E-state index contributed by atoms with van der Waals surface area (Å²) in [6.07, 6.45) is 2.52. The van der Waals surface area contributed by atoms with Crippen LogP contribution in [0.25, 0.3) is 11.4 Å². The lowest BCUT2D eigenvalue weighted by Gasteiger charge is -2.20. The third-order valence-corrected chi connectivity index (χ3v) is 5.21. The molecule has 1 fully saturated rings. The van der Waals surface area contributed by atoms with Crippen molar-refractivity contribution in [2.45, 2.75) is 32.6 Å². The van der Waals surface area contributed by atoms with Crippen LogP contribution in [0.3, 0.4) is 0 Å². The molecule has 96 valence electrons. The highest BCUT2D eigenvalue weighted by molar-refractivity contribution is 7.12. The Bertz CT molecular complexity index is 538. The molecule has 0 saturated carbocycles. The molecule has 1 atom stereocenters. The maximum absolute atomic E-state index is 4.80. The lowest BCUT2D eigenvalue weighted by Crippen LogP contribution is -2.28. The van der Waals surface area contributed by atoms with E-state index in [4.69, 9.17) is 4.98 Å². The minimum atomic E-state index is 0.595. The Morgan fingerprint density at radius 1 is 1.33 bits per heavy atom. The summed E-state index contributed by atoms with van der Waals surface area (Å²) in [5.41, 5.74) is 2.13. The summed E-state index contributed by atoms with van der Waals surface area (Å²) in [6, 6.07) is 0. The zero-order valence-electron chi connectivity index (χ0n) is 10.7. The number of aryl methyl sites for hydroxylation is 2. The number of piperidine rings is 1. The van der Waals surface area contributed by atoms with Gasteiger partial charge in [-0.05, 0) is 33.2 Å². The lowest BCUT2D eigenvalue weighted by atomic mass is 10.0. The van der Waals surface area contributed by atoms with Crippen molar-refractivity contribution in [3.63, 3.8) is 0 Å². The van der Waals surface area contributed by atoms with Crippen molar-refractivity contribution in [1.82, 2.24) is 15.3 Å². The van der Waals surface area contributed by atoms with Crippen molar-refractivity contribution in [2.24, 2.45) is 0 Å². The summed E-state index contributed by atoms with van der Waals surface area (Å²) < 4.78 is 0. The summed E-state index contributed by atoms with van der Waals surface area (Å²) in [4.78, 5) is 10.7. The Hall–Kier alpha value is -0.780. The number of nitrogens with zero attached hydrogens (tertiary/aromatic N) is 2. The van der Waals surface area contributed by atoms with Gasteiger partial charge in [-0.15, -0.1) is 22.7 Å². The number of aromatic nitrogens is 2. The number of hydrogen-bond donors (Lipinski definition) is 1. The normalized spacial score (nSPS) is 20.2. The molecule has 2 aromatic rings. The average molecular weight is 279 g/mol. The van der Waals surface area contributed by atoms with Crippen molar-refractivity contribution >= 4 is 22.7 Å². The minimum absolute atomic E-state index is 0.595. The molecule has 5 heteroatoms. The first kappa shape index (κ1) is 12.3. The Morgan fingerprint density at radius 3 is 2.89 bits per heavy atom. The third-order valence-electron chi connectivity index (χ3n) is 3.31. The molecule has 3 nitrogen and oxygen atoms in total. The van der Waals surface area contributed by atoms with E-state index in [0.29, 0.717) is 5.92 Å². The topological polar surface area (TPSA) is 37.8 Å². The molecule has 0 aromatic carbocycles. The molecular weight excluding hydrogens is 262 g/mol. The highest BCUT2D eigenvalue weighted by Gasteiger charge is 2.20. The molecule has 0 amide bonds. The van der Waals surface area contributed by atoms with Gasteiger partial charge in [0.2, 0.25) is 0 Å². The largest absolute Gasteiger partial charge is 0.316 e. The zero-order valence-corrected chi connectivity index (χ0v) is 12.3. The Balaban J connectivity index is 1.86. The fraction of sp³-hybridized carbons (Fsp3) is 0.538. The average Bonchev–Trinajstić information content (AvgIpc) is 2.97. The van der Waals surface area contributed by atoms with E-state index in [1.54, 1.807) is 22.7 Å². The lowest BCUT2D eigenvalue weighted by molar-refractivity contribution is 0.460. The van der Waals surface area contributed by atoms with Crippen molar-refractivity contribution < 1.29 is 0 Å². The van der Waals surface area contributed by atoms with Gasteiger partial charge < -0.3 is 5.32 Å². The number of thiazole rings is 2. The van der Waals surface area contributed by atoms with Crippen LogP contribution in [0.15, 0.2) is 5.38 Å². The molecule has 1 aliphatic rings. The van der Waals surface area contributed by atoms with Crippen LogP contribution in [0.2, 0.25) is 0 Å². The summed E-state index contributed by atoms with van der Waals surface area (Å²) >= 11 is 3.53. The van der Waals surface area contributed by atoms with Gasteiger partial charge in [-0.25, -0.2) is 9.97 Å². The molecule has 0 bridgehead atoms. The molecule has 1 N–H and O–H groups in total. The summed E-state index contributed by atoms with van der Waals surface area (Å²) in [5.74, 6) is 0.595. The van der Waals surface area contributed by atoms with E-state index in [0.717, 1.165) is 29.5 Å². The summed E-state index contributed by atoms with van der Waals surface area (Å²) in [6.45, 7) is 6.40. The van der Waals surface area contributed by atoms with Gasteiger partial charge in [0.25, 0.3) is 0 Å². The van der Waals surface area contributed by atoms with Crippen LogP contribution in [0.1, 0.15) is 33.7 Å². The second-order valence-electron chi connectivity index (χ2n) is 4.75. The van der Waals surface area contributed by atoms with E-state index in [-0.39, 0.29) is 0 Å². The van der Waals surface area contributed by atoms with Gasteiger partial charge in [0.05, 0.1) is 10.0 Å². The van der Waals surface area contributed by atoms with Gasteiger partial charge in [0.15, 0.2) is 0 Å². The second kappa shape index (κ2) is 5.07. The summed E-state index contributed by atoms with van der Waals surface area (Å²) in [5, 5.41) is 8.00. The molecule has 0 aliphatic carbocycles. The minimum Gasteiger partial charge on any atom is -0.316 e. The van der Waals surface area contributed by atoms with Crippen LogP contribution in [-0.2, 0) is 0 Å². The van der Waals surface area contributed by atoms with Crippen molar-refractivity contribution in [2.75, 3.05) is 13.1 Å². The van der Waals surface area contributed by atoms with Crippen LogP contribution in [0, 0.1) is 13.8 Å². The molecule has 18 heavy (non-hydrogen) atoms. The number of rotatable bonds is 2. The van der Waals surface area contributed by atoms with Crippen molar-refractivity contribution in [3.8, 4) is 11.4 Å². The Labute approximate surface area is 115 Å². The van der Waals surface area contributed by atoms with Crippen LogP contribution < -0.4 is 5.32 Å². The predicted molar refractivity (Wildman–Crippen MR) is 77.5 cm³/mol.